The van der Waals surface area contributed by atoms with Crippen molar-refractivity contribution in [2.45, 2.75) is 13.5 Å². The Hall–Kier alpha value is -2.80. The molecule has 6 nitrogen and oxygen atoms in total. The lowest BCUT2D eigenvalue weighted by atomic mass is 9.96. The Bertz CT molecular complexity index is 990. The number of benzene rings is 1. The molecule has 8 heteroatoms. The van der Waals surface area contributed by atoms with E-state index in [0.29, 0.717) is 12.4 Å². The summed E-state index contributed by atoms with van der Waals surface area (Å²) in [6, 6.07) is 9.35. The van der Waals surface area contributed by atoms with Crippen molar-refractivity contribution in [1.82, 2.24) is 14.5 Å². The molecule has 2 aromatic heterocycles. The molecule has 3 aromatic rings. The summed E-state index contributed by atoms with van der Waals surface area (Å²) in [4.78, 5) is 20.9. The second-order valence-corrected chi connectivity index (χ2v) is 6.27. The van der Waals surface area contributed by atoms with E-state index in [2.05, 4.69) is 9.97 Å². The maximum Gasteiger partial charge on any atom is 0.314 e. The second-order valence-electron chi connectivity index (χ2n) is 5.89. The molecule has 0 aliphatic heterocycles. The highest BCUT2D eigenvalue weighted by Gasteiger charge is 2.13. The summed E-state index contributed by atoms with van der Waals surface area (Å²) in [5.41, 5.74) is 2.36. The molecule has 0 N–H and O–H groups in total. The normalized spacial score (nSPS) is 10.6. The standard InChI is InChI=1S/C18H17BClN3O3/c1-11-7-14(19)16(21-8-11)26-17-18(24)23(10-15(20)22-17)9-12-3-5-13(25-2)6-4-12/h3-8,10H,9,19H2,1-2H3. The number of methoxy groups -OCH3 is 1. The molecule has 132 valence electrons. The predicted molar refractivity (Wildman–Crippen MR) is 103 cm³/mol. The SMILES string of the molecule is Bc1cc(C)cnc1Oc1nc(Cl)cn(Cc2ccc(OC)cc2)c1=O. The van der Waals surface area contributed by atoms with E-state index >= 15 is 0 Å². The van der Waals surface area contributed by atoms with Crippen LogP contribution in [0.3, 0.4) is 0 Å². The van der Waals surface area contributed by atoms with Gasteiger partial charge >= 0.3 is 5.56 Å². The average Bonchev–Trinajstić information content (AvgIpc) is 2.62. The molecular weight excluding hydrogens is 352 g/mol. The second kappa shape index (κ2) is 7.62. The number of rotatable bonds is 5. The van der Waals surface area contributed by atoms with Gasteiger partial charge in [-0.15, -0.1) is 0 Å². The fourth-order valence-electron chi connectivity index (χ4n) is 2.50. The van der Waals surface area contributed by atoms with Crippen LogP contribution in [0.5, 0.6) is 17.5 Å². The van der Waals surface area contributed by atoms with Crippen molar-refractivity contribution >= 4 is 24.9 Å². The van der Waals surface area contributed by atoms with Gasteiger partial charge in [-0.2, -0.15) is 4.98 Å². The lowest BCUT2D eigenvalue weighted by molar-refractivity contribution is 0.414. The Labute approximate surface area is 156 Å². The molecule has 0 amide bonds. The highest BCUT2D eigenvalue weighted by molar-refractivity contribution is 6.34. The molecular formula is C18H17BClN3O3. The first-order chi connectivity index (χ1) is 12.5. The number of aromatic nitrogens is 3. The summed E-state index contributed by atoms with van der Waals surface area (Å²) in [7, 11) is 3.46. The number of halogens is 1. The molecule has 3 rings (SSSR count). The lowest BCUT2D eigenvalue weighted by Crippen LogP contribution is -2.24. The van der Waals surface area contributed by atoms with E-state index < -0.39 is 0 Å². The number of hydrogen-bond acceptors (Lipinski definition) is 5. The Morgan fingerprint density at radius 3 is 2.62 bits per heavy atom. The molecule has 0 spiro atoms. The fourth-order valence-corrected chi connectivity index (χ4v) is 2.69. The van der Waals surface area contributed by atoms with Gasteiger partial charge in [-0.05, 0) is 35.6 Å². The summed E-state index contributed by atoms with van der Waals surface area (Å²) >= 11 is 6.08. The van der Waals surface area contributed by atoms with Crippen molar-refractivity contribution < 1.29 is 9.47 Å². The van der Waals surface area contributed by atoms with E-state index in [-0.39, 0.29) is 16.6 Å². The molecule has 0 radical (unpaired) electrons. The van der Waals surface area contributed by atoms with E-state index in [1.54, 1.807) is 13.3 Å². The Kier molecular flexibility index (Phi) is 5.28. The molecule has 1 aromatic carbocycles. The third-order valence-corrected chi connectivity index (χ3v) is 3.97. The minimum atomic E-state index is -0.382. The maximum atomic E-state index is 12.7. The zero-order valence-corrected chi connectivity index (χ0v) is 15.4. The van der Waals surface area contributed by atoms with Gasteiger partial charge in [0.1, 0.15) is 18.7 Å². The largest absolute Gasteiger partial charge is 0.497 e. The van der Waals surface area contributed by atoms with Gasteiger partial charge in [0.05, 0.1) is 13.7 Å². The van der Waals surface area contributed by atoms with E-state index in [0.717, 1.165) is 22.3 Å². The van der Waals surface area contributed by atoms with Crippen LogP contribution in [-0.2, 0) is 6.54 Å². The van der Waals surface area contributed by atoms with Crippen LogP contribution in [-0.4, -0.2) is 29.5 Å². The van der Waals surface area contributed by atoms with Crippen LogP contribution in [0.25, 0.3) is 0 Å². The first kappa shape index (κ1) is 18.0. The summed E-state index contributed by atoms with van der Waals surface area (Å²) < 4.78 is 12.2. The number of ether oxygens (including phenoxy) is 2. The number of aryl methyl sites for hydroxylation is 1. The van der Waals surface area contributed by atoms with Crippen LogP contribution in [0.1, 0.15) is 11.1 Å². The van der Waals surface area contributed by atoms with E-state index in [1.165, 1.54) is 10.8 Å². The quantitative estimate of drug-likeness (QED) is 0.641. The van der Waals surface area contributed by atoms with Crippen molar-refractivity contribution in [2.24, 2.45) is 0 Å². The third kappa shape index (κ3) is 4.05. The van der Waals surface area contributed by atoms with Crippen LogP contribution < -0.4 is 20.5 Å². The summed E-state index contributed by atoms with van der Waals surface area (Å²) in [6.07, 6.45) is 3.15. The van der Waals surface area contributed by atoms with Crippen molar-refractivity contribution in [1.29, 1.82) is 0 Å². The number of pyridine rings is 1. The summed E-state index contributed by atoms with van der Waals surface area (Å²) in [5, 5.41) is 0.165. The van der Waals surface area contributed by atoms with Crippen LogP contribution in [0.15, 0.2) is 47.5 Å². The molecule has 2 heterocycles. The van der Waals surface area contributed by atoms with Gasteiger partial charge in [-0.25, -0.2) is 4.98 Å². The first-order valence-electron chi connectivity index (χ1n) is 7.97. The molecule has 0 saturated carbocycles. The minimum Gasteiger partial charge on any atom is -0.497 e. The Morgan fingerprint density at radius 2 is 1.96 bits per heavy atom. The van der Waals surface area contributed by atoms with Gasteiger partial charge in [-0.3, -0.25) is 4.79 Å². The van der Waals surface area contributed by atoms with Gasteiger partial charge in [-0.1, -0.05) is 29.8 Å². The van der Waals surface area contributed by atoms with E-state index in [9.17, 15) is 4.79 Å². The van der Waals surface area contributed by atoms with Gasteiger partial charge < -0.3 is 14.0 Å². The highest BCUT2D eigenvalue weighted by atomic mass is 35.5. The Balaban J connectivity index is 1.91. The molecule has 0 atom stereocenters. The van der Waals surface area contributed by atoms with Crippen LogP contribution in [0, 0.1) is 6.92 Å². The average molecular weight is 370 g/mol. The first-order valence-corrected chi connectivity index (χ1v) is 8.35. The van der Waals surface area contributed by atoms with Crippen molar-refractivity contribution in [2.75, 3.05) is 7.11 Å². The fraction of sp³-hybridized carbons (Fsp3) is 0.167. The molecule has 0 bridgehead atoms. The number of hydrogen-bond donors (Lipinski definition) is 0. The van der Waals surface area contributed by atoms with Gasteiger partial charge in [0, 0.05) is 12.4 Å². The van der Waals surface area contributed by atoms with Gasteiger partial charge in [0.15, 0.2) is 0 Å². The van der Waals surface area contributed by atoms with Crippen LogP contribution >= 0.6 is 11.6 Å². The predicted octanol–water partition coefficient (Wildman–Crippen LogP) is 1.71. The van der Waals surface area contributed by atoms with Crippen molar-refractivity contribution in [3.63, 3.8) is 0 Å². The van der Waals surface area contributed by atoms with E-state index in [1.807, 2.05) is 45.1 Å². The smallest absolute Gasteiger partial charge is 0.314 e. The monoisotopic (exact) mass is 369 g/mol. The maximum absolute atomic E-state index is 12.7. The third-order valence-electron chi connectivity index (χ3n) is 3.79. The molecule has 0 saturated heterocycles. The molecule has 26 heavy (non-hydrogen) atoms. The van der Waals surface area contributed by atoms with Crippen molar-refractivity contribution in [3.8, 4) is 17.5 Å². The van der Waals surface area contributed by atoms with Crippen LogP contribution in [0.2, 0.25) is 5.15 Å². The lowest BCUT2D eigenvalue weighted by Gasteiger charge is -2.11. The van der Waals surface area contributed by atoms with E-state index in [4.69, 9.17) is 21.1 Å². The summed E-state index contributed by atoms with van der Waals surface area (Å²) in [6.45, 7) is 2.27. The molecule has 0 fully saturated rings. The van der Waals surface area contributed by atoms with Crippen molar-refractivity contribution in [3.05, 3.63) is 69.4 Å². The molecule has 0 aliphatic rings. The Morgan fingerprint density at radius 1 is 1.23 bits per heavy atom. The topological polar surface area (TPSA) is 66.2 Å². The van der Waals surface area contributed by atoms with Crippen LogP contribution in [0.4, 0.5) is 0 Å². The molecule has 0 unspecified atom stereocenters. The molecule has 0 aliphatic carbocycles. The zero-order chi connectivity index (χ0) is 18.7. The summed E-state index contributed by atoms with van der Waals surface area (Å²) in [5.74, 6) is 0.975. The van der Waals surface area contributed by atoms with Gasteiger partial charge in [0.2, 0.25) is 5.88 Å². The minimum absolute atomic E-state index is 0.106. The highest BCUT2D eigenvalue weighted by Crippen LogP contribution is 2.16. The van der Waals surface area contributed by atoms with Gasteiger partial charge in [0.25, 0.3) is 5.88 Å². The zero-order valence-electron chi connectivity index (χ0n) is 14.7. The number of nitrogens with zero attached hydrogens (tertiary/aromatic N) is 3.